The van der Waals surface area contributed by atoms with Crippen LogP contribution in [0, 0.1) is 0 Å². The minimum absolute atomic E-state index is 0.229. The lowest BCUT2D eigenvalue weighted by molar-refractivity contribution is 0.161. The van der Waals surface area contributed by atoms with Crippen LogP contribution in [0.4, 0.5) is 0 Å². The molecule has 0 radical (unpaired) electrons. The molecular formula is C12H26N2. The van der Waals surface area contributed by atoms with Crippen molar-refractivity contribution in [3.8, 4) is 0 Å². The highest BCUT2D eigenvalue weighted by atomic mass is 15.1. The van der Waals surface area contributed by atoms with Crippen LogP contribution >= 0.6 is 0 Å². The summed E-state index contributed by atoms with van der Waals surface area (Å²) in [6, 6.07) is 0. The second kappa shape index (κ2) is 4.63. The molecule has 0 bridgehead atoms. The van der Waals surface area contributed by atoms with Gasteiger partial charge < -0.3 is 10.6 Å². The van der Waals surface area contributed by atoms with Crippen molar-refractivity contribution in [3.63, 3.8) is 0 Å². The smallest absolute Gasteiger partial charge is 0.0249 e. The van der Waals surface area contributed by atoms with E-state index in [0.717, 1.165) is 13.1 Å². The van der Waals surface area contributed by atoms with Crippen molar-refractivity contribution in [2.75, 3.05) is 13.1 Å². The lowest BCUT2D eigenvalue weighted by Crippen LogP contribution is -2.57. The first kappa shape index (κ1) is 12.0. The molecule has 2 nitrogen and oxygen atoms in total. The fraction of sp³-hybridized carbons (Fsp3) is 1.00. The Morgan fingerprint density at radius 1 is 1.21 bits per heavy atom. The molecule has 2 N–H and O–H groups in total. The van der Waals surface area contributed by atoms with E-state index in [0.29, 0.717) is 5.54 Å². The average molecular weight is 198 g/mol. The van der Waals surface area contributed by atoms with Gasteiger partial charge in [-0.3, -0.25) is 0 Å². The summed E-state index contributed by atoms with van der Waals surface area (Å²) in [6.07, 6.45) is 5.41. The van der Waals surface area contributed by atoms with E-state index in [1.54, 1.807) is 0 Å². The molecule has 0 heterocycles. The zero-order valence-electron chi connectivity index (χ0n) is 10.2. The molecule has 0 unspecified atom stereocenters. The van der Waals surface area contributed by atoms with E-state index < -0.39 is 0 Å². The summed E-state index contributed by atoms with van der Waals surface area (Å²) in [5.41, 5.74) is 0.708. The fourth-order valence-corrected chi connectivity index (χ4v) is 2.21. The van der Waals surface area contributed by atoms with Gasteiger partial charge in [-0.1, -0.05) is 13.8 Å². The highest BCUT2D eigenvalue weighted by Crippen LogP contribution is 2.34. The summed E-state index contributed by atoms with van der Waals surface area (Å²) < 4.78 is 0. The molecule has 0 saturated heterocycles. The molecule has 0 aliphatic heterocycles. The van der Waals surface area contributed by atoms with Gasteiger partial charge in [-0.05, 0) is 46.1 Å². The van der Waals surface area contributed by atoms with Crippen LogP contribution in [0.15, 0.2) is 0 Å². The molecule has 14 heavy (non-hydrogen) atoms. The Balaban J connectivity index is 2.31. The summed E-state index contributed by atoms with van der Waals surface area (Å²) in [7, 11) is 0. The van der Waals surface area contributed by atoms with Crippen molar-refractivity contribution in [2.24, 2.45) is 0 Å². The van der Waals surface area contributed by atoms with Crippen LogP contribution in [-0.4, -0.2) is 24.2 Å². The molecule has 1 saturated carbocycles. The van der Waals surface area contributed by atoms with Crippen LogP contribution in [0.1, 0.15) is 53.4 Å². The van der Waals surface area contributed by atoms with Gasteiger partial charge in [0.05, 0.1) is 0 Å². The predicted octanol–water partition coefficient (Wildman–Crippen LogP) is 2.30. The Morgan fingerprint density at radius 3 is 2.21 bits per heavy atom. The molecular weight excluding hydrogens is 172 g/mol. The van der Waals surface area contributed by atoms with Gasteiger partial charge in [0.25, 0.3) is 0 Å². The standard InChI is InChI=1S/C12H26N2/c1-5-12(8-7-9-12)14-10-11(3,4)13-6-2/h13-14H,5-10H2,1-4H3. The lowest BCUT2D eigenvalue weighted by Gasteiger charge is -2.44. The van der Waals surface area contributed by atoms with Crippen LogP contribution in [0.3, 0.4) is 0 Å². The summed E-state index contributed by atoms with van der Waals surface area (Å²) in [6.45, 7) is 11.1. The highest BCUT2D eigenvalue weighted by Gasteiger charge is 2.35. The van der Waals surface area contributed by atoms with Crippen molar-refractivity contribution in [1.82, 2.24) is 10.6 Å². The van der Waals surface area contributed by atoms with Crippen LogP contribution < -0.4 is 10.6 Å². The van der Waals surface area contributed by atoms with E-state index in [-0.39, 0.29) is 5.54 Å². The number of likely N-dealkylation sites (N-methyl/N-ethyl adjacent to an activating group) is 1. The Morgan fingerprint density at radius 2 is 1.86 bits per heavy atom. The van der Waals surface area contributed by atoms with E-state index in [2.05, 4.69) is 38.3 Å². The minimum Gasteiger partial charge on any atom is -0.311 e. The highest BCUT2D eigenvalue weighted by molar-refractivity contribution is 4.96. The maximum Gasteiger partial charge on any atom is 0.0249 e. The maximum absolute atomic E-state index is 3.74. The second-order valence-electron chi connectivity index (χ2n) is 5.26. The predicted molar refractivity (Wildman–Crippen MR) is 62.6 cm³/mol. The average Bonchev–Trinajstić information content (AvgIpc) is 2.03. The third-order valence-electron chi connectivity index (χ3n) is 3.55. The van der Waals surface area contributed by atoms with E-state index in [9.17, 15) is 0 Å². The fourth-order valence-electron chi connectivity index (χ4n) is 2.21. The van der Waals surface area contributed by atoms with E-state index in [4.69, 9.17) is 0 Å². The molecule has 0 atom stereocenters. The van der Waals surface area contributed by atoms with E-state index >= 15 is 0 Å². The first-order valence-electron chi connectivity index (χ1n) is 6.04. The number of hydrogen-bond donors (Lipinski definition) is 2. The Labute approximate surface area is 88.8 Å². The monoisotopic (exact) mass is 198 g/mol. The van der Waals surface area contributed by atoms with Crippen LogP contribution in [-0.2, 0) is 0 Å². The van der Waals surface area contributed by atoms with E-state index in [1.807, 2.05) is 0 Å². The Bertz CT molecular complexity index is 166. The molecule has 0 aromatic heterocycles. The van der Waals surface area contributed by atoms with Crippen molar-refractivity contribution < 1.29 is 0 Å². The van der Waals surface area contributed by atoms with Crippen LogP contribution in [0.2, 0.25) is 0 Å². The molecule has 2 heteroatoms. The maximum atomic E-state index is 3.74. The van der Waals surface area contributed by atoms with Gasteiger partial charge in [0, 0.05) is 17.6 Å². The lowest BCUT2D eigenvalue weighted by atomic mass is 9.74. The normalized spacial score (nSPS) is 20.6. The van der Waals surface area contributed by atoms with Crippen molar-refractivity contribution in [2.45, 2.75) is 64.5 Å². The minimum atomic E-state index is 0.229. The van der Waals surface area contributed by atoms with Crippen molar-refractivity contribution >= 4 is 0 Å². The summed E-state index contributed by atoms with van der Waals surface area (Å²) in [5, 5.41) is 7.25. The number of hydrogen-bond acceptors (Lipinski definition) is 2. The molecule has 1 aliphatic rings. The third-order valence-corrected chi connectivity index (χ3v) is 3.55. The van der Waals surface area contributed by atoms with E-state index in [1.165, 1.54) is 25.7 Å². The zero-order chi connectivity index (χ0) is 10.7. The van der Waals surface area contributed by atoms with Gasteiger partial charge in [-0.25, -0.2) is 0 Å². The molecule has 0 aromatic carbocycles. The molecule has 0 amide bonds. The van der Waals surface area contributed by atoms with Crippen molar-refractivity contribution in [3.05, 3.63) is 0 Å². The molecule has 1 aliphatic carbocycles. The Hall–Kier alpha value is -0.0800. The molecule has 0 aromatic rings. The summed E-state index contributed by atoms with van der Waals surface area (Å²) in [5.74, 6) is 0. The number of rotatable bonds is 6. The van der Waals surface area contributed by atoms with Gasteiger partial charge in [0.15, 0.2) is 0 Å². The topological polar surface area (TPSA) is 24.1 Å². The van der Waals surface area contributed by atoms with Gasteiger partial charge >= 0.3 is 0 Å². The first-order chi connectivity index (χ1) is 6.54. The summed E-state index contributed by atoms with van der Waals surface area (Å²) in [4.78, 5) is 0. The molecule has 1 rings (SSSR count). The van der Waals surface area contributed by atoms with Crippen molar-refractivity contribution in [1.29, 1.82) is 0 Å². The first-order valence-corrected chi connectivity index (χ1v) is 6.04. The molecule has 1 fully saturated rings. The SMILES string of the molecule is CCNC(C)(C)CNC1(CC)CCC1. The largest absolute Gasteiger partial charge is 0.311 e. The molecule has 84 valence electrons. The number of nitrogens with one attached hydrogen (secondary N) is 2. The van der Waals surface area contributed by atoms with Crippen LogP contribution in [0.25, 0.3) is 0 Å². The molecule has 0 spiro atoms. The quantitative estimate of drug-likeness (QED) is 0.684. The van der Waals surface area contributed by atoms with Gasteiger partial charge in [-0.15, -0.1) is 0 Å². The van der Waals surface area contributed by atoms with Gasteiger partial charge in [-0.2, -0.15) is 0 Å². The Kier molecular flexibility index (Phi) is 3.96. The summed E-state index contributed by atoms with van der Waals surface area (Å²) >= 11 is 0. The third kappa shape index (κ3) is 2.96. The van der Waals surface area contributed by atoms with Gasteiger partial charge in [0.1, 0.15) is 0 Å². The second-order valence-corrected chi connectivity index (χ2v) is 5.26. The zero-order valence-corrected chi connectivity index (χ0v) is 10.2. The van der Waals surface area contributed by atoms with Gasteiger partial charge in [0.2, 0.25) is 0 Å². The van der Waals surface area contributed by atoms with Crippen LogP contribution in [0.5, 0.6) is 0 Å².